The summed E-state index contributed by atoms with van der Waals surface area (Å²) in [5.74, 6) is -0.223. The van der Waals surface area contributed by atoms with Gasteiger partial charge in [0.2, 0.25) is 17.8 Å². The molecule has 3 N–H and O–H groups in total. The lowest BCUT2D eigenvalue weighted by Gasteiger charge is -2.29. The van der Waals surface area contributed by atoms with Crippen LogP contribution in [0, 0.1) is 0 Å². The molecule has 11 heteroatoms. The van der Waals surface area contributed by atoms with Gasteiger partial charge in [0.15, 0.2) is 11.5 Å². The lowest BCUT2D eigenvalue weighted by molar-refractivity contribution is -0.123. The topological polar surface area (TPSA) is 135 Å². The number of hydrogen-bond acceptors (Lipinski definition) is 8. The van der Waals surface area contributed by atoms with Gasteiger partial charge in [0.25, 0.3) is 5.56 Å². The van der Waals surface area contributed by atoms with E-state index in [9.17, 15) is 14.4 Å². The Morgan fingerprint density at radius 2 is 1.87 bits per heavy atom. The molecule has 1 aromatic carbocycles. The molecule has 0 aliphatic carbocycles. The molecule has 2 amide bonds. The summed E-state index contributed by atoms with van der Waals surface area (Å²) in [6.07, 6.45) is -0.148. The van der Waals surface area contributed by atoms with Crippen molar-refractivity contribution in [1.82, 2.24) is 9.97 Å². The fourth-order valence-corrected chi connectivity index (χ4v) is 3.86. The Kier molecular flexibility index (Phi) is 4.94. The number of hydrogen-bond donors (Lipinski definition) is 3. The molecule has 162 valence electrons. The van der Waals surface area contributed by atoms with E-state index in [-0.39, 0.29) is 23.7 Å². The average molecular weight is 427 g/mol. The Morgan fingerprint density at radius 3 is 2.68 bits per heavy atom. The van der Waals surface area contributed by atoms with Crippen LogP contribution in [0.25, 0.3) is 0 Å². The number of fused-ring (bicyclic) bond motifs is 2. The summed E-state index contributed by atoms with van der Waals surface area (Å²) >= 11 is 0. The lowest BCUT2D eigenvalue weighted by atomic mass is 9.92. The van der Waals surface area contributed by atoms with Crippen molar-refractivity contribution in [2.45, 2.75) is 12.3 Å². The summed E-state index contributed by atoms with van der Waals surface area (Å²) in [6, 6.07) is 5.04. The second-order valence-corrected chi connectivity index (χ2v) is 7.40. The summed E-state index contributed by atoms with van der Waals surface area (Å²) in [5.41, 5.74) is 0.177. The van der Waals surface area contributed by atoms with E-state index in [2.05, 4.69) is 20.6 Å². The van der Waals surface area contributed by atoms with Crippen LogP contribution in [-0.2, 0) is 14.3 Å². The van der Waals surface area contributed by atoms with Crippen molar-refractivity contribution in [3.8, 4) is 11.5 Å². The predicted octanol–water partition coefficient (Wildman–Crippen LogP) is 0.442. The second-order valence-electron chi connectivity index (χ2n) is 7.40. The summed E-state index contributed by atoms with van der Waals surface area (Å²) in [6.45, 7) is 3.08. The van der Waals surface area contributed by atoms with Crippen molar-refractivity contribution < 1.29 is 23.8 Å². The predicted molar refractivity (Wildman–Crippen MR) is 110 cm³/mol. The fourth-order valence-electron chi connectivity index (χ4n) is 3.86. The van der Waals surface area contributed by atoms with Gasteiger partial charge in [0, 0.05) is 31.3 Å². The number of amides is 2. The molecule has 3 aliphatic heterocycles. The lowest BCUT2D eigenvalue weighted by Crippen LogP contribution is -2.41. The minimum atomic E-state index is -0.966. The van der Waals surface area contributed by atoms with Gasteiger partial charge in [-0.05, 0) is 12.1 Å². The molecule has 5 rings (SSSR count). The third-order valence-corrected chi connectivity index (χ3v) is 5.38. The Hall–Kier alpha value is -3.60. The van der Waals surface area contributed by atoms with E-state index in [1.165, 1.54) is 0 Å². The van der Waals surface area contributed by atoms with Crippen LogP contribution in [0.5, 0.6) is 11.5 Å². The molecule has 1 fully saturated rings. The normalized spacial score (nSPS) is 19.9. The van der Waals surface area contributed by atoms with Crippen LogP contribution in [0.1, 0.15) is 17.9 Å². The maximum atomic E-state index is 13.0. The zero-order valence-electron chi connectivity index (χ0n) is 16.6. The number of nitrogens with one attached hydrogen (secondary N) is 3. The third-order valence-electron chi connectivity index (χ3n) is 5.38. The Bertz CT molecular complexity index is 1090. The van der Waals surface area contributed by atoms with Crippen molar-refractivity contribution in [1.29, 1.82) is 0 Å². The van der Waals surface area contributed by atoms with Crippen molar-refractivity contribution >= 4 is 29.3 Å². The SMILES string of the molecule is O=C1C[C@H](C(=O)Nc2ccc3c(c2)OCCO3)c2c(nc(N3CCOCC3)[nH]c2=O)N1. The molecule has 0 radical (unpaired) electrons. The van der Waals surface area contributed by atoms with E-state index in [1.807, 2.05) is 4.90 Å². The minimum absolute atomic E-state index is 0.115. The van der Waals surface area contributed by atoms with E-state index in [1.54, 1.807) is 18.2 Å². The maximum absolute atomic E-state index is 13.0. The standard InChI is InChI=1S/C20H21N5O6/c26-15-10-12(18(27)21-11-1-2-13-14(9-11)31-8-7-30-13)16-17(22-15)23-20(24-19(16)28)25-3-5-29-6-4-25/h1-2,9,12H,3-8,10H2,(H,21,27)(H2,22,23,24,26,28)/t12-/m0/s1. The van der Waals surface area contributed by atoms with Gasteiger partial charge < -0.3 is 29.7 Å². The quantitative estimate of drug-likeness (QED) is 0.642. The van der Waals surface area contributed by atoms with Crippen LogP contribution in [-0.4, -0.2) is 61.3 Å². The monoisotopic (exact) mass is 427 g/mol. The number of aromatic amines is 1. The highest BCUT2D eigenvalue weighted by Gasteiger charge is 2.35. The first-order chi connectivity index (χ1) is 15.1. The van der Waals surface area contributed by atoms with E-state index >= 15 is 0 Å². The van der Waals surface area contributed by atoms with E-state index in [0.29, 0.717) is 62.7 Å². The van der Waals surface area contributed by atoms with Crippen molar-refractivity contribution in [3.63, 3.8) is 0 Å². The Labute approximate surface area is 176 Å². The van der Waals surface area contributed by atoms with E-state index in [0.717, 1.165) is 0 Å². The van der Waals surface area contributed by atoms with Crippen LogP contribution in [0.15, 0.2) is 23.0 Å². The van der Waals surface area contributed by atoms with Crippen LogP contribution in [0.2, 0.25) is 0 Å². The van der Waals surface area contributed by atoms with Crippen molar-refractivity contribution in [2.75, 3.05) is 55.1 Å². The van der Waals surface area contributed by atoms with E-state index in [4.69, 9.17) is 14.2 Å². The first-order valence-electron chi connectivity index (χ1n) is 10.1. The molecule has 0 saturated carbocycles. The summed E-state index contributed by atoms with van der Waals surface area (Å²) in [4.78, 5) is 47.2. The van der Waals surface area contributed by atoms with Gasteiger partial charge in [0.1, 0.15) is 19.0 Å². The van der Waals surface area contributed by atoms with Crippen LogP contribution < -0.4 is 30.6 Å². The maximum Gasteiger partial charge on any atom is 0.258 e. The summed E-state index contributed by atoms with van der Waals surface area (Å²) in [7, 11) is 0. The number of aromatic nitrogens is 2. The summed E-state index contributed by atoms with van der Waals surface area (Å²) < 4.78 is 16.3. The molecule has 4 heterocycles. The molecule has 11 nitrogen and oxygen atoms in total. The second kappa shape index (κ2) is 7.91. The molecule has 1 atom stereocenters. The number of morpholine rings is 1. The molecule has 3 aliphatic rings. The van der Waals surface area contributed by atoms with Gasteiger partial charge in [0.05, 0.1) is 24.7 Å². The number of anilines is 3. The smallest absolute Gasteiger partial charge is 0.258 e. The number of rotatable bonds is 3. The molecular formula is C20H21N5O6. The van der Waals surface area contributed by atoms with Gasteiger partial charge in [-0.2, -0.15) is 4.98 Å². The first-order valence-corrected chi connectivity index (χ1v) is 10.1. The van der Waals surface area contributed by atoms with Gasteiger partial charge in [-0.15, -0.1) is 0 Å². The summed E-state index contributed by atoms with van der Waals surface area (Å²) in [5, 5.41) is 5.39. The fraction of sp³-hybridized carbons (Fsp3) is 0.400. The van der Waals surface area contributed by atoms with Crippen LogP contribution >= 0.6 is 0 Å². The highest BCUT2D eigenvalue weighted by Crippen LogP contribution is 2.34. The van der Waals surface area contributed by atoms with Gasteiger partial charge in [-0.3, -0.25) is 19.4 Å². The number of nitrogens with zero attached hydrogens (tertiary/aromatic N) is 2. The number of carbonyl (C=O) groups is 2. The Morgan fingerprint density at radius 1 is 1.10 bits per heavy atom. The van der Waals surface area contributed by atoms with Gasteiger partial charge in [-0.25, -0.2) is 0 Å². The highest BCUT2D eigenvalue weighted by molar-refractivity contribution is 6.04. The molecular weight excluding hydrogens is 406 g/mol. The van der Waals surface area contributed by atoms with Crippen LogP contribution in [0.3, 0.4) is 0 Å². The first kappa shape index (κ1) is 19.4. The third kappa shape index (κ3) is 3.79. The van der Waals surface area contributed by atoms with Crippen molar-refractivity contribution in [3.05, 3.63) is 34.1 Å². The number of carbonyl (C=O) groups excluding carboxylic acids is 2. The van der Waals surface area contributed by atoms with E-state index < -0.39 is 17.4 Å². The van der Waals surface area contributed by atoms with Gasteiger partial charge in [-0.1, -0.05) is 0 Å². The van der Waals surface area contributed by atoms with Gasteiger partial charge >= 0.3 is 0 Å². The minimum Gasteiger partial charge on any atom is -0.486 e. The largest absolute Gasteiger partial charge is 0.486 e. The zero-order valence-corrected chi connectivity index (χ0v) is 16.6. The zero-order chi connectivity index (χ0) is 21.4. The number of ether oxygens (including phenoxy) is 3. The molecule has 0 unspecified atom stereocenters. The number of benzene rings is 1. The van der Waals surface area contributed by atoms with Crippen molar-refractivity contribution in [2.24, 2.45) is 0 Å². The molecule has 0 bridgehead atoms. The molecule has 1 aromatic heterocycles. The molecule has 0 spiro atoms. The number of H-pyrrole nitrogens is 1. The molecule has 1 saturated heterocycles. The average Bonchev–Trinajstić information content (AvgIpc) is 2.78. The van der Waals surface area contributed by atoms with Crippen LogP contribution in [0.4, 0.5) is 17.5 Å². The molecule has 31 heavy (non-hydrogen) atoms. The molecule has 2 aromatic rings. The highest BCUT2D eigenvalue weighted by atomic mass is 16.6. The Balaban J connectivity index is 1.42.